The molecule has 0 amide bonds. The highest BCUT2D eigenvalue weighted by Gasteiger charge is 2.25. The Morgan fingerprint density at radius 1 is 1.14 bits per heavy atom. The molecule has 5 heteroatoms. The summed E-state index contributed by atoms with van der Waals surface area (Å²) in [4.78, 5) is 10.1. The smallest absolute Gasteiger partial charge is 0.360 e. The maximum atomic E-state index is 12.3. The van der Waals surface area contributed by atoms with Crippen LogP contribution >= 0.6 is 7.60 Å². The molecular weight excluding hydrogens is 299 g/mol. The summed E-state index contributed by atoms with van der Waals surface area (Å²) in [7, 11) is -2.43. The van der Waals surface area contributed by atoms with Crippen molar-refractivity contribution >= 4 is 12.9 Å². The molecule has 0 saturated heterocycles. The normalized spacial score (nSPS) is 12.9. The van der Waals surface area contributed by atoms with Gasteiger partial charge in [0.1, 0.15) is 5.75 Å². The lowest BCUT2D eigenvalue weighted by Crippen LogP contribution is -2.12. The van der Waals surface area contributed by atoms with Gasteiger partial charge >= 0.3 is 7.60 Å². The van der Waals surface area contributed by atoms with Crippen molar-refractivity contribution in [2.45, 2.75) is 6.92 Å². The average molecular weight is 316 g/mol. The number of methoxy groups -OCH3 is 1. The molecule has 2 aromatic carbocycles. The minimum Gasteiger partial charge on any atom is -0.497 e. The molecule has 4 nitrogen and oxygen atoms in total. The van der Waals surface area contributed by atoms with Gasteiger partial charge in [-0.05, 0) is 37.3 Å². The highest BCUT2D eigenvalue weighted by atomic mass is 31.2. The summed E-state index contributed by atoms with van der Waals surface area (Å²) in [5, 5.41) is 0.150. The summed E-state index contributed by atoms with van der Waals surface area (Å²) in [6.07, 6.45) is 0. The van der Waals surface area contributed by atoms with Crippen LogP contribution in [0.2, 0.25) is 0 Å². The van der Waals surface area contributed by atoms with Crippen molar-refractivity contribution in [3.63, 3.8) is 0 Å². The summed E-state index contributed by atoms with van der Waals surface area (Å²) >= 11 is 0. The van der Waals surface area contributed by atoms with E-state index >= 15 is 0 Å². The maximum Gasteiger partial charge on any atom is 0.360 e. The molecule has 0 spiro atoms. The van der Waals surface area contributed by atoms with Crippen LogP contribution in [0.5, 0.6) is 5.75 Å². The Bertz CT molecular complexity index is 744. The van der Waals surface area contributed by atoms with Crippen LogP contribution in [0.3, 0.4) is 0 Å². The minimum atomic E-state index is -3.93. The standard InChI is InChI=1S/C17H17O4P/c1-3-21-22(18,19)17-13-16(20-2)12-11-15(17)10-9-14-7-5-4-6-8-14/h4-8,11-13H,3H2,1-2H3,(H,18,19). The summed E-state index contributed by atoms with van der Waals surface area (Å²) < 4.78 is 22.4. The maximum absolute atomic E-state index is 12.3. The molecule has 1 N–H and O–H groups in total. The zero-order valence-electron chi connectivity index (χ0n) is 12.4. The zero-order valence-corrected chi connectivity index (χ0v) is 13.3. The predicted molar refractivity (Wildman–Crippen MR) is 86.5 cm³/mol. The van der Waals surface area contributed by atoms with Crippen LogP contribution in [0.15, 0.2) is 48.5 Å². The van der Waals surface area contributed by atoms with E-state index in [-0.39, 0.29) is 11.9 Å². The molecule has 2 rings (SSSR count). The van der Waals surface area contributed by atoms with Crippen LogP contribution in [0, 0.1) is 11.8 Å². The van der Waals surface area contributed by atoms with Crippen molar-refractivity contribution < 1.29 is 18.7 Å². The molecule has 0 heterocycles. The van der Waals surface area contributed by atoms with Gasteiger partial charge in [0, 0.05) is 11.1 Å². The second-order valence-corrected chi connectivity index (χ2v) is 6.22. The van der Waals surface area contributed by atoms with Crippen molar-refractivity contribution in [1.82, 2.24) is 0 Å². The fraction of sp³-hybridized carbons (Fsp3) is 0.176. The third-order valence-corrected chi connectivity index (χ3v) is 4.52. The summed E-state index contributed by atoms with van der Waals surface area (Å²) in [6.45, 7) is 1.80. The minimum absolute atomic E-state index is 0.135. The number of hydrogen-bond acceptors (Lipinski definition) is 3. The molecule has 0 fully saturated rings. The molecule has 0 aliphatic heterocycles. The van der Waals surface area contributed by atoms with E-state index in [0.29, 0.717) is 11.3 Å². The number of rotatable bonds is 4. The molecule has 1 unspecified atom stereocenters. The quantitative estimate of drug-likeness (QED) is 0.696. The van der Waals surface area contributed by atoms with E-state index in [9.17, 15) is 9.46 Å². The van der Waals surface area contributed by atoms with Crippen LogP contribution in [0.4, 0.5) is 0 Å². The SMILES string of the molecule is CCOP(=O)(O)c1cc(OC)ccc1C#Cc1ccccc1. The van der Waals surface area contributed by atoms with Gasteiger partial charge in [0.25, 0.3) is 0 Å². The van der Waals surface area contributed by atoms with E-state index in [1.807, 2.05) is 30.3 Å². The second-order valence-electron chi connectivity index (χ2n) is 4.44. The Labute approximate surface area is 130 Å². The summed E-state index contributed by atoms with van der Waals surface area (Å²) in [5.74, 6) is 6.38. The fourth-order valence-electron chi connectivity index (χ4n) is 1.88. The Morgan fingerprint density at radius 2 is 1.86 bits per heavy atom. The van der Waals surface area contributed by atoms with E-state index < -0.39 is 7.60 Å². The molecule has 0 aromatic heterocycles. The number of benzene rings is 2. The number of ether oxygens (including phenoxy) is 1. The first-order valence-corrected chi connectivity index (χ1v) is 8.37. The molecule has 0 aliphatic rings. The molecule has 0 aliphatic carbocycles. The monoisotopic (exact) mass is 316 g/mol. The van der Waals surface area contributed by atoms with Crippen molar-refractivity contribution in [3.05, 3.63) is 59.7 Å². The Balaban J connectivity index is 2.48. The van der Waals surface area contributed by atoms with Crippen molar-refractivity contribution in [2.24, 2.45) is 0 Å². The lowest BCUT2D eigenvalue weighted by Gasteiger charge is -2.13. The third-order valence-electron chi connectivity index (χ3n) is 2.93. The van der Waals surface area contributed by atoms with Gasteiger partial charge in [-0.15, -0.1) is 0 Å². The third kappa shape index (κ3) is 3.99. The topological polar surface area (TPSA) is 55.8 Å². The van der Waals surface area contributed by atoms with Crippen LogP contribution < -0.4 is 10.0 Å². The van der Waals surface area contributed by atoms with E-state index in [4.69, 9.17) is 9.26 Å². The van der Waals surface area contributed by atoms with Crippen molar-refractivity contribution in [1.29, 1.82) is 0 Å². The summed E-state index contributed by atoms with van der Waals surface area (Å²) in [5.41, 5.74) is 1.28. The van der Waals surface area contributed by atoms with E-state index in [1.54, 1.807) is 19.1 Å². The van der Waals surface area contributed by atoms with Gasteiger partial charge in [-0.3, -0.25) is 4.57 Å². The lowest BCUT2D eigenvalue weighted by atomic mass is 10.2. The first-order chi connectivity index (χ1) is 10.6. The first-order valence-electron chi connectivity index (χ1n) is 6.80. The molecule has 1 atom stereocenters. The van der Waals surface area contributed by atoms with Gasteiger partial charge in [0.05, 0.1) is 19.0 Å². The largest absolute Gasteiger partial charge is 0.497 e. The van der Waals surface area contributed by atoms with Crippen LogP contribution in [0.25, 0.3) is 0 Å². The van der Waals surface area contributed by atoms with E-state index in [1.165, 1.54) is 13.2 Å². The van der Waals surface area contributed by atoms with Crippen LogP contribution in [-0.2, 0) is 9.09 Å². The summed E-state index contributed by atoms with van der Waals surface area (Å²) in [6, 6.07) is 14.3. The second kappa shape index (κ2) is 7.29. The molecule has 0 bridgehead atoms. The highest BCUT2D eigenvalue weighted by molar-refractivity contribution is 7.61. The number of hydrogen-bond donors (Lipinski definition) is 1. The van der Waals surface area contributed by atoms with Gasteiger partial charge in [-0.25, -0.2) is 0 Å². The van der Waals surface area contributed by atoms with Gasteiger partial charge in [-0.1, -0.05) is 30.0 Å². The molecule has 114 valence electrons. The first kappa shape index (κ1) is 16.3. The molecule has 0 radical (unpaired) electrons. The van der Waals surface area contributed by atoms with Gasteiger partial charge < -0.3 is 14.2 Å². The Morgan fingerprint density at radius 3 is 2.50 bits per heavy atom. The van der Waals surface area contributed by atoms with E-state index in [2.05, 4.69) is 11.8 Å². The Hall–Kier alpha value is -2.05. The molecule has 0 saturated carbocycles. The van der Waals surface area contributed by atoms with Crippen LogP contribution in [-0.4, -0.2) is 18.6 Å². The predicted octanol–water partition coefficient (Wildman–Crippen LogP) is 2.94. The highest BCUT2D eigenvalue weighted by Crippen LogP contribution is 2.42. The van der Waals surface area contributed by atoms with Crippen molar-refractivity contribution in [3.8, 4) is 17.6 Å². The lowest BCUT2D eigenvalue weighted by molar-refractivity contribution is 0.284. The Kier molecular flexibility index (Phi) is 5.41. The fourth-order valence-corrected chi connectivity index (χ4v) is 3.10. The van der Waals surface area contributed by atoms with Crippen molar-refractivity contribution in [2.75, 3.05) is 13.7 Å². The van der Waals surface area contributed by atoms with Gasteiger partial charge in [0.15, 0.2) is 0 Å². The zero-order chi connectivity index (χ0) is 16.0. The van der Waals surface area contributed by atoms with Crippen LogP contribution in [0.1, 0.15) is 18.1 Å². The molecular formula is C17H17O4P. The van der Waals surface area contributed by atoms with Gasteiger partial charge in [-0.2, -0.15) is 0 Å². The van der Waals surface area contributed by atoms with E-state index in [0.717, 1.165) is 5.56 Å². The molecule has 22 heavy (non-hydrogen) atoms. The van der Waals surface area contributed by atoms with Gasteiger partial charge in [0.2, 0.25) is 0 Å². The molecule has 2 aromatic rings. The average Bonchev–Trinajstić information content (AvgIpc) is 2.53.